The van der Waals surface area contributed by atoms with Gasteiger partial charge in [-0.2, -0.15) is 0 Å². The van der Waals surface area contributed by atoms with Gasteiger partial charge < -0.3 is 10.2 Å². The van der Waals surface area contributed by atoms with Crippen LogP contribution >= 0.6 is 0 Å². The molecule has 1 atom stereocenters. The predicted octanol–water partition coefficient (Wildman–Crippen LogP) is 4.48. The van der Waals surface area contributed by atoms with Crippen LogP contribution in [0.5, 0.6) is 0 Å². The van der Waals surface area contributed by atoms with Gasteiger partial charge in [0.1, 0.15) is 12.6 Å². The fourth-order valence-electron chi connectivity index (χ4n) is 4.78. The van der Waals surface area contributed by atoms with E-state index in [1.165, 1.54) is 11.3 Å². The van der Waals surface area contributed by atoms with Crippen LogP contribution in [0.3, 0.4) is 0 Å². The maximum Gasteiger partial charge on any atom is 0.244 e. The summed E-state index contributed by atoms with van der Waals surface area (Å²) < 4.78 is 26.6. The minimum absolute atomic E-state index is 0.127. The van der Waals surface area contributed by atoms with Gasteiger partial charge in [-0.25, -0.2) is 8.42 Å². The number of carbonyl (C=O) groups is 2. The number of carbonyl (C=O) groups excluding carboxylic acids is 2. The van der Waals surface area contributed by atoms with Gasteiger partial charge in [-0.05, 0) is 55.4 Å². The molecule has 1 saturated carbocycles. The molecule has 0 aliphatic heterocycles. The van der Waals surface area contributed by atoms with Crippen LogP contribution in [0.2, 0.25) is 0 Å². The lowest BCUT2D eigenvalue weighted by Gasteiger charge is -2.33. The number of hydrogen-bond donors (Lipinski definition) is 1. The molecule has 0 radical (unpaired) electrons. The molecule has 8 heteroatoms. The van der Waals surface area contributed by atoms with Gasteiger partial charge in [0.2, 0.25) is 21.8 Å². The van der Waals surface area contributed by atoms with Gasteiger partial charge in [0.25, 0.3) is 0 Å². The second kappa shape index (κ2) is 13.1. The summed E-state index contributed by atoms with van der Waals surface area (Å²) in [5, 5.41) is 3.12. The van der Waals surface area contributed by atoms with E-state index < -0.39 is 22.0 Å². The summed E-state index contributed by atoms with van der Waals surface area (Å²) in [4.78, 5) is 28.4. The highest BCUT2D eigenvalue weighted by Crippen LogP contribution is 2.23. The summed E-state index contributed by atoms with van der Waals surface area (Å²) in [5.74, 6) is -0.291. The molecule has 1 fully saturated rings. The van der Waals surface area contributed by atoms with E-state index >= 15 is 0 Å². The van der Waals surface area contributed by atoms with Crippen molar-refractivity contribution in [2.75, 3.05) is 23.7 Å². The number of rotatable bonds is 11. The molecule has 2 amide bonds. The summed E-state index contributed by atoms with van der Waals surface area (Å²) in [6.07, 6.45) is 6.93. The largest absolute Gasteiger partial charge is 0.352 e. The lowest BCUT2D eigenvalue weighted by Crippen LogP contribution is -2.53. The Kier molecular flexibility index (Phi) is 10.1. The Labute approximate surface area is 222 Å². The summed E-state index contributed by atoms with van der Waals surface area (Å²) in [6, 6.07) is 16.4. The van der Waals surface area contributed by atoms with Gasteiger partial charge in [0.05, 0.1) is 11.9 Å². The molecule has 1 aliphatic carbocycles. The lowest BCUT2D eigenvalue weighted by atomic mass is 9.95. The van der Waals surface area contributed by atoms with Crippen LogP contribution in [-0.4, -0.2) is 56.6 Å². The van der Waals surface area contributed by atoms with Crippen molar-refractivity contribution in [3.8, 4) is 0 Å². The Morgan fingerprint density at radius 1 is 0.946 bits per heavy atom. The number of anilines is 1. The Morgan fingerprint density at radius 3 is 2.14 bits per heavy atom. The summed E-state index contributed by atoms with van der Waals surface area (Å²) in [6.45, 7) is 5.80. The number of hydrogen-bond acceptors (Lipinski definition) is 4. The first-order valence-corrected chi connectivity index (χ1v) is 15.1. The lowest BCUT2D eigenvalue weighted by molar-refractivity contribution is -0.139. The molecule has 202 valence electrons. The van der Waals surface area contributed by atoms with Crippen molar-refractivity contribution in [2.45, 2.75) is 77.3 Å². The van der Waals surface area contributed by atoms with Crippen molar-refractivity contribution in [2.24, 2.45) is 0 Å². The van der Waals surface area contributed by atoms with E-state index in [1.807, 2.05) is 42.5 Å². The van der Waals surface area contributed by atoms with Gasteiger partial charge in [-0.1, -0.05) is 75.6 Å². The van der Waals surface area contributed by atoms with Crippen LogP contribution in [-0.2, 0) is 26.0 Å². The predicted molar refractivity (Wildman–Crippen MR) is 149 cm³/mol. The van der Waals surface area contributed by atoms with Crippen LogP contribution in [0.15, 0.2) is 54.6 Å². The first-order chi connectivity index (χ1) is 17.6. The number of nitrogens with one attached hydrogen (secondary N) is 1. The first-order valence-electron chi connectivity index (χ1n) is 13.3. The van der Waals surface area contributed by atoms with Crippen LogP contribution in [0.25, 0.3) is 0 Å². The zero-order valence-electron chi connectivity index (χ0n) is 22.5. The average molecular weight is 528 g/mol. The third-order valence-corrected chi connectivity index (χ3v) is 8.27. The number of benzene rings is 2. The normalized spacial score (nSPS) is 15.3. The van der Waals surface area contributed by atoms with Gasteiger partial charge in [-0.3, -0.25) is 13.9 Å². The number of sulfonamides is 1. The molecule has 37 heavy (non-hydrogen) atoms. The van der Waals surface area contributed by atoms with Crippen molar-refractivity contribution in [1.29, 1.82) is 0 Å². The first kappa shape index (κ1) is 28.7. The van der Waals surface area contributed by atoms with E-state index in [2.05, 4.69) is 19.2 Å². The number of amides is 2. The van der Waals surface area contributed by atoms with E-state index in [0.29, 0.717) is 24.6 Å². The standard InChI is InChI=1S/C29H41N3O4S/c1-22(2)25-15-17-27(18-16-25)32(37(4,35)36)21-28(33)31(20-19-24-11-7-5-8-12-24)23(3)29(34)30-26-13-9-6-10-14-26/h5,7-8,11-12,15-18,22-23,26H,6,9-10,13-14,19-21H2,1-4H3,(H,30,34)/t23-/m1/s1. The molecule has 1 aliphatic rings. The highest BCUT2D eigenvalue weighted by Gasteiger charge is 2.31. The second-order valence-electron chi connectivity index (χ2n) is 10.4. The summed E-state index contributed by atoms with van der Waals surface area (Å²) in [7, 11) is -3.73. The Hall–Kier alpha value is -2.87. The number of nitrogens with zero attached hydrogens (tertiary/aromatic N) is 2. The Bertz CT molecular complexity index is 1130. The molecule has 1 N–H and O–H groups in total. The quantitative estimate of drug-likeness (QED) is 0.467. The zero-order chi connectivity index (χ0) is 27.0. The smallest absolute Gasteiger partial charge is 0.244 e. The highest BCUT2D eigenvalue weighted by atomic mass is 32.2. The molecule has 2 aromatic rings. The van der Waals surface area contributed by atoms with E-state index in [0.717, 1.165) is 47.4 Å². The zero-order valence-corrected chi connectivity index (χ0v) is 23.3. The average Bonchev–Trinajstić information content (AvgIpc) is 2.88. The fourth-order valence-corrected chi connectivity index (χ4v) is 5.63. The maximum absolute atomic E-state index is 13.6. The minimum Gasteiger partial charge on any atom is -0.352 e. The van der Waals surface area contributed by atoms with Crippen LogP contribution in [0.4, 0.5) is 5.69 Å². The SMILES string of the molecule is CC(C)c1ccc(N(CC(=O)N(CCc2ccccc2)[C@H](C)C(=O)NC2CCCCC2)S(C)(=O)=O)cc1. The summed E-state index contributed by atoms with van der Waals surface area (Å²) >= 11 is 0. The molecule has 0 heterocycles. The Balaban J connectivity index is 1.81. The molecule has 0 spiro atoms. The van der Waals surface area contributed by atoms with Crippen molar-refractivity contribution in [3.63, 3.8) is 0 Å². The third kappa shape index (κ3) is 8.32. The van der Waals surface area contributed by atoms with E-state index in [-0.39, 0.29) is 18.5 Å². The van der Waals surface area contributed by atoms with Crippen molar-refractivity contribution < 1.29 is 18.0 Å². The molecule has 0 aromatic heterocycles. The molecule has 0 unspecified atom stereocenters. The molecule has 0 bridgehead atoms. The fraction of sp³-hybridized carbons (Fsp3) is 0.517. The van der Waals surface area contributed by atoms with Crippen LogP contribution < -0.4 is 9.62 Å². The van der Waals surface area contributed by atoms with Gasteiger partial charge in [0.15, 0.2) is 0 Å². The van der Waals surface area contributed by atoms with Gasteiger partial charge in [-0.15, -0.1) is 0 Å². The molecular weight excluding hydrogens is 486 g/mol. The molecule has 7 nitrogen and oxygen atoms in total. The van der Waals surface area contributed by atoms with Crippen LogP contribution in [0.1, 0.15) is 69.9 Å². The molecule has 0 saturated heterocycles. The van der Waals surface area contributed by atoms with Gasteiger partial charge >= 0.3 is 0 Å². The monoisotopic (exact) mass is 527 g/mol. The second-order valence-corrected chi connectivity index (χ2v) is 12.3. The topological polar surface area (TPSA) is 86.8 Å². The summed E-state index contributed by atoms with van der Waals surface area (Å²) in [5.41, 5.74) is 2.56. The maximum atomic E-state index is 13.6. The minimum atomic E-state index is -3.73. The van der Waals surface area contributed by atoms with E-state index in [4.69, 9.17) is 0 Å². The molecule has 3 rings (SSSR count). The Morgan fingerprint density at radius 2 is 1.57 bits per heavy atom. The van der Waals surface area contributed by atoms with Gasteiger partial charge in [0, 0.05) is 12.6 Å². The van der Waals surface area contributed by atoms with E-state index in [9.17, 15) is 18.0 Å². The van der Waals surface area contributed by atoms with Crippen molar-refractivity contribution in [1.82, 2.24) is 10.2 Å². The molecule has 2 aromatic carbocycles. The third-order valence-electron chi connectivity index (χ3n) is 7.13. The van der Waals surface area contributed by atoms with Crippen molar-refractivity contribution in [3.05, 3.63) is 65.7 Å². The van der Waals surface area contributed by atoms with Crippen molar-refractivity contribution >= 4 is 27.5 Å². The van der Waals surface area contributed by atoms with Crippen LogP contribution in [0, 0.1) is 0 Å². The highest BCUT2D eigenvalue weighted by molar-refractivity contribution is 7.92. The molecular formula is C29H41N3O4S. The van der Waals surface area contributed by atoms with E-state index in [1.54, 1.807) is 19.1 Å².